The molecular formula is C10H9Br2ClO. The van der Waals surface area contributed by atoms with Crippen LogP contribution < -0.4 is 0 Å². The van der Waals surface area contributed by atoms with Crippen LogP contribution in [0.4, 0.5) is 0 Å². The fourth-order valence-electron chi connectivity index (χ4n) is 1.07. The van der Waals surface area contributed by atoms with E-state index in [0.29, 0.717) is 11.4 Å². The highest BCUT2D eigenvalue weighted by Gasteiger charge is 2.12. The molecule has 0 radical (unpaired) electrons. The Kier molecular flexibility index (Phi) is 5.13. The smallest absolute Gasteiger partial charge is 0.187 e. The summed E-state index contributed by atoms with van der Waals surface area (Å²) in [5.74, 6) is 0.634. The van der Waals surface area contributed by atoms with E-state index in [9.17, 15) is 4.79 Å². The van der Waals surface area contributed by atoms with Gasteiger partial charge >= 0.3 is 0 Å². The second-order valence-electron chi connectivity index (χ2n) is 2.80. The lowest BCUT2D eigenvalue weighted by Crippen LogP contribution is -2.06. The summed E-state index contributed by atoms with van der Waals surface area (Å²) in [6.45, 7) is 0. The van der Waals surface area contributed by atoms with E-state index in [4.69, 9.17) is 11.6 Å². The lowest BCUT2D eigenvalue weighted by molar-refractivity contribution is 0.101. The van der Waals surface area contributed by atoms with Crippen LogP contribution in [-0.2, 0) is 6.42 Å². The van der Waals surface area contributed by atoms with Gasteiger partial charge in [0.2, 0.25) is 0 Å². The Morgan fingerprint density at radius 2 is 1.86 bits per heavy atom. The van der Waals surface area contributed by atoms with Crippen molar-refractivity contribution in [3.63, 3.8) is 0 Å². The molecule has 0 aliphatic carbocycles. The second kappa shape index (κ2) is 5.89. The third-order valence-electron chi connectivity index (χ3n) is 1.82. The van der Waals surface area contributed by atoms with Crippen LogP contribution in [0.3, 0.4) is 0 Å². The predicted molar refractivity (Wildman–Crippen MR) is 66.8 cm³/mol. The van der Waals surface area contributed by atoms with Crippen LogP contribution in [0.25, 0.3) is 0 Å². The first-order valence-electron chi connectivity index (χ1n) is 4.12. The minimum atomic E-state index is -0.311. The third kappa shape index (κ3) is 3.37. The van der Waals surface area contributed by atoms with Gasteiger partial charge in [0.05, 0.1) is 0 Å². The zero-order valence-electron chi connectivity index (χ0n) is 7.34. The predicted octanol–water partition coefficient (Wildman–Crippen LogP) is 3.77. The molecule has 0 atom stereocenters. The molecule has 0 spiro atoms. The largest absolute Gasteiger partial charge is 0.292 e. The summed E-state index contributed by atoms with van der Waals surface area (Å²) in [4.78, 5) is 11.5. The Labute approximate surface area is 105 Å². The van der Waals surface area contributed by atoms with Gasteiger partial charge < -0.3 is 0 Å². The Morgan fingerprint density at radius 3 is 2.29 bits per heavy atom. The van der Waals surface area contributed by atoms with Gasteiger partial charge in [-0.25, -0.2) is 0 Å². The molecule has 76 valence electrons. The zero-order valence-corrected chi connectivity index (χ0v) is 11.3. The van der Waals surface area contributed by atoms with Gasteiger partial charge in [0.15, 0.2) is 5.78 Å². The van der Waals surface area contributed by atoms with Crippen molar-refractivity contribution in [1.82, 2.24) is 0 Å². The number of hydrogen-bond acceptors (Lipinski definition) is 1. The molecule has 0 unspecified atom stereocenters. The van der Waals surface area contributed by atoms with E-state index in [1.807, 2.05) is 24.3 Å². The molecular weight excluding hydrogens is 331 g/mol. The van der Waals surface area contributed by atoms with Crippen molar-refractivity contribution < 1.29 is 4.79 Å². The van der Waals surface area contributed by atoms with E-state index in [1.54, 1.807) is 0 Å². The van der Waals surface area contributed by atoms with Crippen LogP contribution in [0.1, 0.15) is 15.9 Å². The fourth-order valence-corrected chi connectivity index (χ4v) is 1.82. The maximum Gasteiger partial charge on any atom is 0.187 e. The topological polar surface area (TPSA) is 17.1 Å². The average Bonchev–Trinajstić information content (AvgIpc) is 2.18. The van der Waals surface area contributed by atoms with Crippen molar-refractivity contribution in [2.24, 2.45) is 0 Å². The highest BCUT2D eigenvalue weighted by molar-refractivity contribution is 9.25. The number of ketones is 1. The lowest BCUT2D eigenvalue weighted by atomic mass is 10.1. The van der Waals surface area contributed by atoms with Gasteiger partial charge in [-0.2, -0.15) is 0 Å². The standard InChI is InChI=1S/C10H9Br2ClO/c11-10(12)9(14)8-3-1-7(2-4-8)5-6-13/h1-4,10H,5-6H2. The Balaban J connectivity index is 2.78. The van der Waals surface area contributed by atoms with Crippen molar-refractivity contribution in [2.75, 3.05) is 5.88 Å². The average molecular weight is 340 g/mol. The van der Waals surface area contributed by atoms with Crippen molar-refractivity contribution in [3.8, 4) is 0 Å². The molecule has 4 heteroatoms. The number of carbonyl (C=O) groups is 1. The molecule has 0 N–H and O–H groups in total. The summed E-state index contributed by atoms with van der Waals surface area (Å²) >= 11 is 12.0. The molecule has 1 aromatic carbocycles. The van der Waals surface area contributed by atoms with Gasteiger partial charge in [-0.15, -0.1) is 11.6 Å². The van der Waals surface area contributed by atoms with Gasteiger partial charge in [-0.3, -0.25) is 4.79 Å². The highest BCUT2D eigenvalue weighted by atomic mass is 79.9. The summed E-state index contributed by atoms with van der Waals surface area (Å²) in [5.41, 5.74) is 1.85. The molecule has 0 saturated heterocycles. The van der Waals surface area contributed by atoms with E-state index in [2.05, 4.69) is 31.9 Å². The first kappa shape index (κ1) is 12.2. The summed E-state index contributed by atoms with van der Waals surface area (Å²) < 4.78 is -0.311. The Bertz CT molecular complexity index is 308. The zero-order chi connectivity index (χ0) is 10.6. The fraction of sp³-hybridized carbons (Fsp3) is 0.300. The molecule has 0 heterocycles. The van der Waals surface area contributed by atoms with Crippen LogP contribution in [-0.4, -0.2) is 15.4 Å². The first-order valence-corrected chi connectivity index (χ1v) is 6.49. The molecule has 1 rings (SSSR count). The van der Waals surface area contributed by atoms with E-state index < -0.39 is 0 Å². The second-order valence-corrected chi connectivity index (χ2v) is 6.24. The Morgan fingerprint density at radius 1 is 1.29 bits per heavy atom. The monoisotopic (exact) mass is 338 g/mol. The Hall–Kier alpha value is 0.140. The highest BCUT2D eigenvalue weighted by Crippen LogP contribution is 2.16. The first-order chi connectivity index (χ1) is 6.65. The summed E-state index contributed by atoms with van der Waals surface area (Å²) in [6.07, 6.45) is 0.835. The maximum absolute atomic E-state index is 11.5. The minimum Gasteiger partial charge on any atom is -0.292 e. The van der Waals surface area contributed by atoms with Crippen LogP contribution in [0, 0.1) is 0 Å². The normalized spacial score (nSPS) is 10.6. The molecule has 0 aliphatic rings. The van der Waals surface area contributed by atoms with Crippen molar-refractivity contribution >= 4 is 49.2 Å². The van der Waals surface area contributed by atoms with Crippen LogP contribution in [0.5, 0.6) is 0 Å². The number of hydrogen-bond donors (Lipinski definition) is 0. The molecule has 0 saturated carbocycles. The summed E-state index contributed by atoms with van der Waals surface area (Å²) in [7, 11) is 0. The lowest BCUT2D eigenvalue weighted by Gasteiger charge is -2.02. The molecule has 0 aromatic heterocycles. The minimum absolute atomic E-state index is 0.0300. The molecule has 0 amide bonds. The molecule has 1 aromatic rings. The number of aryl methyl sites for hydroxylation is 1. The van der Waals surface area contributed by atoms with E-state index >= 15 is 0 Å². The number of benzene rings is 1. The molecule has 0 bridgehead atoms. The molecule has 14 heavy (non-hydrogen) atoms. The van der Waals surface area contributed by atoms with Gasteiger partial charge in [-0.1, -0.05) is 56.1 Å². The van der Waals surface area contributed by atoms with Crippen LogP contribution in [0.2, 0.25) is 0 Å². The number of halogens is 3. The number of carbonyl (C=O) groups excluding carboxylic acids is 1. The van der Waals surface area contributed by atoms with E-state index in [0.717, 1.165) is 12.0 Å². The van der Waals surface area contributed by atoms with Gasteiger partial charge in [0, 0.05) is 11.4 Å². The molecule has 1 nitrogen and oxygen atoms in total. The number of Topliss-reactive ketones (excluding diaryl/α,β-unsaturated/α-hetero) is 1. The van der Waals surface area contributed by atoms with Crippen molar-refractivity contribution in [3.05, 3.63) is 35.4 Å². The number of alkyl halides is 3. The van der Waals surface area contributed by atoms with E-state index in [-0.39, 0.29) is 9.52 Å². The van der Waals surface area contributed by atoms with Crippen molar-refractivity contribution in [2.45, 2.75) is 10.2 Å². The van der Waals surface area contributed by atoms with Crippen LogP contribution >= 0.6 is 43.5 Å². The SMILES string of the molecule is O=C(c1ccc(CCCl)cc1)C(Br)Br. The quantitative estimate of drug-likeness (QED) is 0.602. The summed E-state index contributed by atoms with van der Waals surface area (Å²) in [6, 6.07) is 7.50. The van der Waals surface area contributed by atoms with Gasteiger partial charge in [-0.05, 0) is 12.0 Å². The third-order valence-corrected chi connectivity index (χ3v) is 2.84. The van der Waals surface area contributed by atoms with Gasteiger partial charge in [0.1, 0.15) is 3.74 Å². The molecule has 0 fully saturated rings. The summed E-state index contributed by atoms with van der Waals surface area (Å²) in [5, 5.41) is 0. The van der Waals surface area contributed by atoms with Crippen LogP contribution in [0.15, 0.2) is 24.3 Å². The maximum atomic E-state index is 11.5. The van der Waals surface area contributed by atoms with E-state index in [1.165, 1.54) is 0 Å². The van der Waals surface area contributed by atoms with Gasteiger partial charge in [0.25, 0.3) is 0 Å². The number of rotatable bonds is 4. The van der Waals surface area contributed by atoms with Crippen molar-refractivity contribution in [1.29, 1.82) is 0 Å². The molecule has 0 aliphatic heterocycles.